The largest absolute Gasteiger partial charge is 0.387 e. The fourth-order valence-electron chi connectivity index (χ4n) is 1.51. The number of aldehydes is 1. The van der Waals surface area contributed by atoms with Crippen LogP contribution in [0.2, 0.25) is 0 Å². The Morgan fingerprint density at radius 3 is 2.71 bits per heavy atom. The Kier molecular flexibility index (Phi) is 5.51. The molecule has 1 aromatic rings. The molecule has 0 saturated heterocycles. The lowest BCUT2D eigenvalue weighted by molar-refractivity contribution is -0.102. The molecular formula is C14H16N4O2S. The number of carbonyl (C=O) groups excluding carboxylic acids is 1. The summed E-state index contributed by atoms with van der Waals surface area (Å²) < 4.78 is 0. The third kappa shape index (κ3) is 5.03. The van der Waals surface area contributed by atoms with E-state index in [-0.39, 0.29) is 18.2 Å². The minimum atomic E-state index is -0.0671. The first-order valence-electron chi connectivity index (χ1n) is 6.46. The molecule has 0 amide bonds. The number of oxime groups is 1. The maximum Gasteiger partial charge on any atom is 0.174 e. The average molecular weight is 304 g/mol. The minimum Gasteiger partial charge on any atom is -0.387 e. The molecule has 6 nitrogen and oxygen atoms in total. The monoisotopic (exact) mass is 304 g/mol. The Bertz CT molecular complexity index is 565. The summed E-state index contributed by atoms with van der Waals surface area (Å²) in [6, 6.07) is 7.64. The van der Waals surface area contributed by atoms with E-state index in [1.165, 1.54) is 17.7 Å². The van der Waals surface area contributed by atoms with Gasteiger partial charge in [-0.05, 0) is 25.0 Å². The second-order valence-electron chi connectivity index (χ2n) is 4.46. The van der Waals surface area contributed by atoms with Gasteiger partial charge < -0.3 is 10.6 Å². The summed E-state index contributed by atoms with van der Waals surface area (Å²) >= 11 is 1.85. The van der Waals surface area contributed by atoms with Gasteiger partial charge in [-0.1, -0.05) is 17.3 Å². The Labute approximate surface area is 127 Å². The number of nitrogens with one attached hydrogen (secondary N) is 1. The molecule has 0 unspecified atom stereocenters. The number of amidine groups is 1. The highest BCUT2D eigenvalue weighted by Gasteiger charge is 2.22. The number of hydrogen-bond acceptors (Lipinski definition) is 5. The Morgan fingerprint density at radius 1 is 1.43 bits per heavy atom. The van der Waals surface area contributed by atoms with Crippen molar-refractivity contribution in [2.45, 2.75) is 23.0 Å². The summed E-state index contributed by atoms with van der Waals surface area (Å²) in [6.45, 7) is -0.0671. The van der Waals surface area contributed by atoms with Gasteiger partial charge in [-0.25, -0.2) is 4.99 Å². The van der Waals surface area contributed by atoms with Crippen molar-refractivity contribution in [2.75, 3.05) is 6.61 Å². The first-order valence-corrected chi connectivity index (χ1v) is 7.34. The quantitative estimate of drug-likeness (QED) is 0.331. The summed E-state index contributed by atoms with van der Waals surface area (Å²) in [7, 11) is 0. The SMILES string of the molecule is N=CN=C(N)CO/N=C(/C=O)c1ccc(SC2CC2)cc1. The van der Waals surface area contributed by atoms with Gasteiger partial charge in [-0.15, -0.1) is 11.8 Å². The van der Waals surface area contributed by atoms with Crippen LogP contribution in [0.4, 0.5) is 0 Å². The first kappa shape index (κ1) is 15.2. The zero-order valence-corrected chi connectivity index (χ0v) is 12.2. The van der Waals surface area contributed by atoms with Gasteiger partial charge in [0.15, 0.2) is 12.9 Å². The molecule has 21 heavy (non-hydrogen) atoms. The molecule has 0 radical (unpaired) electrons. The molecule has 110 valence electrons. The number of nitrogens with zero attached hydrogens (tertiary/aromatic N) is 2. The zero-order valence-electron chi connectivity index (χ0n) is 11.4. The van der Waals surface area contributed by atoms with Gasteiger partial charge >= 0.3 is 0 Å². The molecule has 7 heteroatoms. The van der Waals surface area contributed by atoms with Crippen LogP contribution in [0, 0.1) is 5.41 Å². The van der Waals surface area contributed by atoms with Gasteiger partial charge in [0, 0.05) is 15.7 Å². The van der Waals surface area contributed by atoms with Gasteiger partial charge in [0.05, 0.1) is 0 Å². The van der Waals surface area contributed by atoms with Crippen molar-refractivity contribution in [3.8, 4) is 0 Å². The number of rotatable bonds is 8. The zero-order chi connectivity index (χ0) is 15.1. The molecule has 0 heterocycles. The normalized spacial score (nSPS) is 15.6. The van der Waals surface area contributed by atoms with Crippen LogP contribution in [0.25, 0.3) is 0 Å². The molecular weight excluding hydrogens is 288 g/mol. The van der Waals surface area contributed by atoms with Crippen molar-refractivity contribution < 1.29 is 9.63 Å². The standard InChI is InChI=1S/C14H16N4O2S/c15-9-17-14(16)8-20-18-13(7-19)10-1-3-11(4-2-10)21-12-5-6-12/h1-4,7,9,12H,5-6,8H2,(H3,15,16,17)/b18-13-. The summed E-state index contributed by atoms with van der Waals surface area (Å²) in [5.74, 6) is 0.121. The van der Waals surface area contributed by atoms with Crippen LogP contribution in [0.3, 0.4) is 0 Å². The van der Waals surface area contributed by atoms with E-state index < -0.39 is 0 Å². The van der Waals surface area contributed by atoms with Crippen molar-refractivity contribution in [1.82, 2.24) is 0 Å². The van der Waals surface area contributed by atoms with E-state index >= 15 is 0 Å². The van der Waals surface area contributed by atoms with Gasteiger partial charge in [0.2, 0.25) is 0 Å². The Morgan fingerprint density at radius 2 is 2.14 bits per heavy atom. The number of carbonyl (C=O) groups is 1. The number of aliphatic imine (C=N–C) groups is 1. The van der Waals surface area contributed by atoms with Crippen LogP contribution < -0.4 is 5.73 Å². The highest BCUT2D eigenvalue weighted by molar-refractivity contribution is 8.00. The van der Waals surface area contributed by atoms with Crippen molar-refractivity contribution in [1.29, 1.82) is 5.41 Å². The third-order valence-electron chi connectivity index (χ3n) is 2.69. The second-order valence-corrected chi connectivity index (χ2v) is 5.83. The second kappa shape index (κ2) is 7.58. The molecule has 1 aliphatic carbocycles. The highest BCUT2D eigenvalue weighted by Crippen LogP contribution is 2.38. The molecule has 0 aromatic heterocycles. The van der Waals surface area contributed by atoms with Crippen LogP contribution in [0.5, 0.6) is 0 Å². The van der Waals surface area contributed by atoms with E-state index in [2.05, 4.69) is 10.1 Å². The molecule has 1 fully saturated rings. The predicted octanol–water partition coefficient (Wildman–Crippen LogP) is 1.82. The molecule has 0 atom stereocenters. The fraction of sp³-hybridized carbons (Fsp3) is 0.286. The van der Waals surface area contributed by atoms with Crippen LogP contribution >= 0.6 is 11.8 Å². The van der Waals surface area contributed by atoms with Gasteiger partial charge in [-0.2, -0.15) is 0 Å². The van der Waals surface area contributed by atoms with Crippen molar-refractivity contribution >= 4 is 35.9 Å². The Hall–Kier alpha value is -2.15. The van der Waals surface area contributed by atoms with E-state index in [1.807, 2.05) is 36.0 Å². The van der Waals surface area contributed by atoms with Crippen molar-refractivity contribution in [2.24, 2.45) is 15.9 Å². The average Bonchev–Trinajstić information content (AvgIpc) is 3.29. The van der Waals surface area contributed by atoms with Crippen LogP contribution in [-0.4, -0.2) is 36.0 Å². The summed E-state index contributed by atoms with van der Waals surface area (Å²) in [5.41, 5.74) is 6.32. The molecule has 0 aliphatic heterocycles. The molecule has 1 aliphatic rings. The van der Waals surface area contributed by atoms with Gasteiger partial charge in [0.25, 0.3) is 0 Å². The lowest BCUT2D eigenvalue weighted by Gasteiger charge is -2.03. The van der Waals surface area contributed by atoms with Crippen molar-refractivity contribution in [3.63, 3.8) is 0 Å². The van der Waals surface area contributed by atoms with Crippen LogP contribution in [-0.2, 0) is 9.63 Å². The lowest BCUT2D eigenvalue weighted by Crippen LogP contribution is -2.18. The van der Waals surface area contributed by atoms with E-state index in [0.717, 1.165) is 11.6 Å². The van der Waals surface area contributed by atoms with Gasteiger partial charge in [0.1, 0.15) is 17.9 Å². The summed E-state index contributed by atoms with van der Waals surface area (Å²) in [6.07, 6.45) is 4.01. The Balaban J connectivity index is 1.97. The first-order chi connectivity index (χ1) is 10.2. The minimum absolute atomic E-state index is 0.0671. The van der Waals surface area contributed by atoms with Crippen LogP contribution in [0.1, 0.15) is 18.4 Å². The number of thioether (sulfide) groups is 1. The third-order valence-corrected chi connectivity index (χ3v) is 4.04. The molecule has 0 spiro atoms. The molecule has 1 saturated carbocycles. The summed E-state index contributed by atoms with van der Waals surface area (Å²) in [5, 5.41) is 11.2. The summed E-state index contributed by atoms with van der Waals surface area (Å²) in [4.78, 5) is 20.7. The molecule has 0 bridgehead atoms. The van der Waals surface area contributed by atoms with E-state index in [9.17, 15) is 4.79 Å². The predicted molar refractivity (Wildman–Crippen MR) is 84.3 cm³/mol. The maximum atomic E-state index is 11.1. The van der Waals surface area contributed by atoms with Crippen molar-refractivity contribution in [3.05, 3.63) is 29.8 Å². The van der Waals surface area contributed by atoms with E-state index in [4.69, 9.17) is 16.0 Å². The maximum absolute atomic E-state index is 11.1. The lowest BCUT2D eigenvalue weighted by atomic mass is 10.1. The number of nitrogens with two attached hydrogens (primary N) is 1. The molecule has 3 N–H and O–H groups in total. The number of hydrogen-bond donors (Lipinski definition) is 2. The smallest absolute Gasteiger partial charge is 0.174 e. The van der Waals surface area contributed by atoms with E-state index in [1.54, 1.807) is 0 Å². The molecule has 1 aromatic carbocycles. The fourth-order valence-corrected chi connectivity index (χ4v) is 2.56. The number of benzene rings is 1. The van der Waals surface area contributed by atoms with Gasteiger partial charge in [-0.3, -0.25) is 10.2 Å². The highest BCUT2D eigenvalue weighted by atomic mass is 32.2. The van der Waals surface area contributed by atoms with Crippen LogP contribution in [0.15, 0.2) is 39.3 Å². The molecule has 2 rings (SSSR count). The van der Waals surface area contributed by atoms with E-state index in [0.29, 0.717) is 11.8 Å². The topological polar surface area (TPSA) is 101 Å².